The van der Waals surface area contributed by atoms with Gasteiger partial charge in [-0.15, -0.1) is 0 Å². The Morgan fingerprint density at radius 1 is 0.786 bits per heavy atom. The third-order valence-electron chi connectivity index (χ3n) is 5.75. The number of benzene rings is 3. The van der Waals surface area contributed by atoms with Crippen molar-refractivity contribution in [1.29, 1.82) is 0 Å². The van der Waals surface area contributed by atoms with Gasteiger partial charge in [0.05, 0.1) is 11.2 Å². The lowest BCUT2D eigenvalue weighted by molar-refractivity contribution is -0.0893. The summed E-state index contributed by atoms with van der Waals surface area (Å²) in [7, 11) is 0.370. The highest BCUT2D eigenvalue weighted by Crippen LogP contribution is 2.35. The molecule has 0 unspecified atom stereocenters. The average Bonchev–Trinajstić information content (AvgIpc) is 3.05. The average molecular weight is 372 g/mol. The summed E-state index contributed by atoms with van der Waals surface area (Å²) in [4.78, 5) is 0. The monoisotopic (exact) mass is 372 g/mol. The van der Waals surface area contributed by atoms with Crippen LogP contribution >= 0.6 is 0 Å². The van der Waals surface area contributed by atoms with Crippen molar-refractivity contribution in [3.8, 4) is 11.1 Å². The molecule has 0 atom stereocenters. The number of para-hydroxylation sites is 2. The molecule has 142 valence electrons. The molecule has 0 saturated carbocycles. The first kappa shape index (κ1) is 18.8. The summed E-state index contributed by atoms with van der Waals surface area (Å²) < 4.78 is 12.5. The third-order valence-corrected chi connectivity index (χ3v) is 5.75. The summed E-state index contributed by atoms with van der Waals surface area (Å²) in [6, 6.07) is 22.7. The SMILES string of the molecule is CC(C)(O)C(C)(C)OBc1cccc2c1oc1c(-c3ccccc3)cccc12. The Kier molecular flexibility index (Phi) is 4.57. The Hall–Kier alpha value is -2.56. The zero-order chi connectivity index (χ0) is 19.9. The van der Waals surface area contributed by atoms with Gasteiger partial charge in [0.25, 0.3) is 0 Å². The second-order valence-electron chi connectivity index (χ2n) is 8.30. The van der Waals surface area contributed by atoms with Gasteiger partial charge in [0, 0.05) is 16.3 Å². The van der Waals surface area contributed by atoms with Crippen molar-refractivity contribution in [2.75, 3.05) is 0 Å². The van der Waals surface area contributed by atoms with E-state index in [-0.39, 0.29) is 0 Å². The molecule has 0 aliphatic heterocycles. The summed E-state index contributed by atoms with van der Waals surface area (Å²) in [5, 5.41) is 12.5. The fraction of sp³-hybridized carbons (Fsp3) is 0.250. The quantitative estimate of drug-likeness (QED) is 0.512. The molecular weight excluding hydrogens is 347 g/mol. The standard InChI is InChI=1S/C24H25BO3/c1-23(2,26)24(3,4)28-25-20-15-9-14-19-18-13-8-12-17(21(18)27-22(19)20)16-10-6-5-7-11-16/h5-15,25-26H,1-4H3. The number of aliphatic hydroxyl groups is 1. The van der Waals surface area contributed by atoms with E-state index in [1.807, 2.05) is 44.2 Å². The van der Waals surface area contributed by atoms with E-state index in [9.17, 15) is 5.11 Å². The number of furan rings is 1. The van der Waals surface area contributed by atoms with E-state index in [1.165, 1.54) is 0 Å². The van der Waals surface area contributed by atoms with Crippen LogP contribution in [0.15, 0.2) is 71.1 Å². The highest BCUT2D eigenvalue weighted by molar-refractivity contribution is 6.51. The van der Waals surface area contributed by atoms with E-state index >= 15 is 0 Å². The van der Waals surface area contributed by atoms with Gasteiger partial charge in [-0.25, -0.2) is 0 Å². The predicted molar refractivity (Wildman–Crippen MR) is 117 cm³/mol. The molecule has 0 amide bonds. The molecule has 3 aromatic carbocycles. The second-order valence-corrected chi connectivity index (χ2v) is 8.30. The normalized spacial score (nSPS) is 12.6. The van der Waals surface area contributed by atoms with Crippen molar-refractivity contribution in [2.45, 2.75) is 38.9 Å². The van der Waals surface area contributed by atoms with Gasteiger partial charge < -0.3 is 14.2 Å². The highest BCUT2D eigenvalue weighted by atomic mass is 16.5. The molecule has 1 aromatic heterocycles. The van der Waals surface area contributed by atoms with E-state index in [4.69, 9.17) is 9.07 Å². The number of rotatable bonds is 5. The van der Waals surface area contributed by atoms with Crippen molar-refractivity contribution in [3.05, 3.63) is 66.7 Å². The summed E-state index contributed by atoms with van der Waals surface area (Å²) in [6.45, 7) is 7.33. The van der Waals surface area contributed by atoms with Gasteiger partial charge in [-0.2, -0.15) is 0 Å². The first-order chi connectivity index (χ1) is 13.3. The third kappa shape index (κ3) is 3.23. The van der Waals surface area contributed by atoms with Gasteiger partial charge >= 0.3 is 7.48 Å². The molecular formula is C24H25BO3. The fourth-order valence-electron chi connectivity index (χ4n) is 3.27. The topological polar surface area (TPSA) is 42.6 Å². The van der Waals surface area contributed by atoms with Crippen LogP contribution in [-0.4, -0.2) is 23.8 Å². The molecule has 1 heterocycles. The largest absolute Gasteiger partial charge is 0.456 e. The maximum absolute atomic E-state index is 10.4. The van der Waals surface area contributed by atoms with Gasteiger partial charge in [-0.3, -0.25) is 0 Å². The molecule has 0 radical (unpaired) electrons. The first-order valence-corrected chi connectivity index (χ1v) is 9.63. The van der Waals surface area contributed by atoms with Crippen LogP contribution < -0.4 is 5.46 Å². The summed E-state index contributed by atoms with van der Waals surface area (Å²) in [5.41, 5.74) is 3.28. The number of fused-ring (bicyclic) bond motifs is 3. The molecule has 0 fully saturated rings. The summed E-state index contributed by atoms with van der Waals surface area (Å²) in [6.07, 6.45) is 0. The minimum atomic E-state index is -0.949. The molecule has 0 bridgehead atoms. The molecule has 4 heteroatoms. The lowest BCUT2D eigenvalue weighted by atomic mass is 9.82. The number of hydrogen-bond donors (Lipinski definition) is 1. The maximum Gasteiger partial charge on any atom is 0.313 e. The molecule has 0 spiro atoms. The van der Waals surface area contributed by atoms with Crippen molar-refractivity contribution in [2.24, 2.45) is 0 Å². The highest BCUT2D eigenvalue weighted by Gasteiger charge is 2.35. The van der Waals surface area contributed by atoms with Crippen LogP contribution in [0, 0.1) is 0 Å². The van der Waals surface area contributed by atoms with Gasteiger partial charge in [-0.1, -0.05) is 66.7 Å². The van der Waals surface area contributed by atoms with Gasteiger partial charge in [0.15, 0.2) is 0 Å². The predicted octanol–water partition coefficient (Wildman–Crippen LogP) is 4.80. The van der Waals surface area contributed by atoms with Crippen LogP contribution in [0.1, 0.15) is 27.7 Å². The Balaban J connectivity index is 1.81. The molecule has 28 heavy (non-hydrogen) atoms. The van der Waals surface area contributed by atoms with E-state index in [2.05, 4.69) is 36.4 Å². The Morgan fingerprint density at radius 2 is 1.43 bits per heavy atom. The van der Waals surface area contributed by atoms with Crippen molar-refractivity contribution in [3.63, 3.8) is 0 Å². The Labute approximate surface area is 166 Å². The molecule has 3 nitrogen and oxygen atoms in total. The van der Waals surface area contributed by atoms with Crippen LogP contribution in [0.5, 0.6) is 0 Å². The molecule has 0 aliphatic carbocycles. The van der Waals surface area contributed by atoms with Gasteiger partial charge in [-0.05, 0) is 38.7 Å². The zero-order valence-electron chi connectivity index (χ0n) is 16.8. The lowest BCUT2D eigenvalue weighted by Crippen LogP contribution is -2.49. The van der Waals surface area contributed by atoms with Crippen LogP contribution in [0.3, 0.4) is 0 Å². The molecule has 0 aliphatic rings. The fourth-order valence-corrected chi connectivity index (χ4v) is 3.27. The minimum absolute atomic E-state index is 0.370. The smallest absolute Gasteiger partial charge is 0.313 e. The van der Waals surface area contributed by atoms with E-state index in [0.717, 1.165) is 38.5 Å². The summed E-state index contributed by atoms with van der Waals surface area (Å²) in [5.74, 6) is 0. The maximum atomic E-state index is 10.4. The molecule has 4 rings (SSSR count). The van der Waals surface area contributed by atoms with Crippen LogP contribution in [0.4, 0.5) is 0 Å². The van der Waals surface area contributed by atoms with E-state index in [0.29, 0.717) is 7.48 Å². The van der Waals surface area contributed by atoms with Gasteiger partial charge in [0.1, 0.15) is 11.2 Å². The van der Waals surface area contributed by atoms with Gasteiger partial charge in [0.2, 0.25) is 0 Å². The van der Waals surface area contributed by atoms with Crippen molar-refractivity contribution < 1.29 is 14.2 Å². The van der Waals surface area contributed by atoms with Crippen LogP contribution in [0.2, 0.25) is 0 Å². The van der Waals surface area contributed by atoms with Crippen molar-refractivity contribution in [1.82, 2.24) is 0 Å². The van der Waals surface area contributed by atoms with Crippen molar-refractivity contribution >= 4 is 34.9 Å². The Morgan fingerprint density at radius 3 is 2.11 bits per heavy atom. The molecule has 4 aromatic rings. The number of hydrogen-bond acceptors (Lipinski definition) is 3. The lowest BCUT2D eigenvalue weighted by Gasteiger charge is -2.37. The Bertz CT molecular complexity index is 1120. The van der Waals surface area contributed by atoms with E-state index in [1.54, 1.807) is 13.8 Å². The molecule has 1 N–H and O–H groups in total. The second kappa shape index (κ2) is 6.80. The van der Waals surface area contributed by atoms with Crippen LogP contribution in [0.25, 0.3) is 33.1 Å². The molecule has 0 saturated heterocycles. The summed E-state index contributed by atoms with van der Waals surface area (Å²) >= 11 is 0. The minimum Gasteiger partial charge on any atom is -0.456 e. The van der Waals surface area contributed by atoms with Crippen LogP contribution in [-0.2, 0) is 4.65 Å². The van der Waals surface area contributed by atoms with E-state index < -0.39 is 11.2 Å². The first-order valence-electron chi connectivity index (χ1n) is 9.63. The zero-order valence-corrected chi connectivity index (χ0v) is 16.8.